The molecule has 0 aliphatic rings. The third kappa shape index (κ3) is 16.4. The molecule has 0 unspecified atom stereocenters. The van der Waals surface area contributed by atoms with Gasteiger partial charge in [-0.2, -0.15) is 11.3 Å². The SMILES string of the molecule is FS(F)(F)(F)(F)/C=C(/Br)c1cscc1Br.FS(F)(F)(F)(F)C#Cc1cscc1Br.[Na+].[OH-]. The van der Waals surface area contributed by atoms with Crippen LogP contribution < -0.4 is 29.6 Å². The number of halogens is 13. The second-order valence-corrected chi connectivity index (χ2v) is 13.4. The van der Waals surface area contributed by atoms with Gasteiger partial charge in [0.05, 0.1) is 16.2 Å². The topological polar surface area (TPSA) is 30.0 Å². The standard InChI is InChI=1S/C6H3Br2F5S2.C6H2BrF5S2.Na.H2O/c7-5-2-14-1-4(5)6(8)3-15(9,10,11,12)13;7-6-4-13-3-5(6)1-2-14(8,9,10,11)12;;/h1-3H;3-4H;;1H2/q;;+1;/p-1/b6-3+;;;. The largest absolute Gasteiger partial charge is 1.00 e. The van der Waals surface area contributed by atoms with Crippen molar-refractivity contribution in [3.8, 4) is 11.2 Å². The third-order valence-electron chi connectivity index (χ3n) is 2.19. The number of rotatable bonds is 2. The second kappa shape index (κ2) is 9.28. The monoisotopic (exact) mass is 744 g/mol. The van der Waals surface area contributed by atoms with Gasteiger partial charge in [-0.1, -0.05) is 38.9 Å². The summed E-state index contributed by atoms with van der Waals surface area (Å²) in [5.74, 6) is 1.40. The van der Waals surface area contributed by atoms with Crippen molar-refractivity contribution in [2.75, 3.05) is 0 Å². The van der Waals surface area contributed by atoms with Gasteiger partial charge in [-0.25, -0.2) is 0 Å². The maximum absolute atomic E-state index is 12.1. The summed E-state index contributed by atoms with van der Waals surface area (Å²) < 4.78 is 119. The summed E-state index contributed by atoms with van der Waals surface area (Å²) in [6.07, 6.45) is 0. The minimum absolute atomic E-state index is 0. The Balaban J connectivity index is 0. The van der Waals surface area contributed by atoms with Gasteiger partial charge in [-0.3, -0.25) is 0 Å². The van der Waals surface area contributed by atoms with Crippen LogP contribution >= 0.6 is 90.9 Å². The van der Waals surface area contributed by atoms with Crippen LogP contribution in [0.2, 0.25) is 0 Å². The summed E-state index contributed by atoms with van der Waals surface area (Å²) in [6.45, 7) is 0. The van der Waals surface area contributed by atoms with Gasteiger partial charge in [-0.05, 0) is 53.7 Å². The van der Waals surface area contributed by atoms with Gasteiger partial charge in [-0.15, -0.1) is 11.3 Å². The van der Waals surface area contributed by atoms with Crippen LogP contribution in [0.25, 0.3) is 4.48 Å². The molecule has 0 saturated carbocycles. The van der Waals surface area contributed by atoms with Crippen LogP contribution in [0.15, 0.2) is 35.9 Å². The molecule has 0 aliphatic heterocycles. The van der Waals surface area contributed by atoms with E-state index in [0.717, 1.165) is 22.7 Å². The Morgan fingerprint density at radius 3 is 1.58 bits per heavy atom. The minimum Gasteiger partial charge on any atom is -0.870 e. The van der Waals surface area contributed by atoms with Crippen molar-refractivity contribution in [2.45, 2.75) is 0 Å². The van der Waals surface area contributed by atoms with Crippen LogP contribution in [0.1, 0.15) is 11.1 Å². The molecule has 176 valence electrons. The van der Waals surface area contributed by atoms with Crippen molar-refractivity contribution in [3.63, 3.8) is 0 Å². The van der Waals surface area contributed by atoms with E-state index in [-0.39, 0.29) is 55.9 Å². The molecule has 1 N–H and O–H groups in total. The van der Waals surface area contributed by atoms with Gasteiger partial charge < -0.3 is 5.48 Å². The van der Waals surface area contributed by atoms with Gasteiger partial charge in [0.2, 0.25) is 0 Å². The van der Waals surface area contributed by atoms with Crippen molar-refractivity contribution >= 4 is 95.4 Å². The van der Waals surface area contributed by atoms with E-state index in [9.17, 15) is 38.9 Å². The average Bonchev–Trinajstić information content (AvgIpc) is 3.00. The van der Waals surface area contributed by atoms with E-state index in [0.29, 0.717) is 4.47 Å². The molecule has 0 amide bonds. The van der Waals surface area contributed by atoms with E-state index in [1.807, 2.05) is 0 Å². The van der Waals surface area contributed by atoms with Gasteiger partial charge in [0.15, 0.2) is 0 Å². The summed E-state index contributed by atoms with van der Waals surface area (Å²) in [4.78, 5) is 0. The van der Waals surface area contributed by atoms with Gasteiger partial charge in [0.1, 0.15) is 0 Å². The molecule has 2 aromatic heterocycles. The predicted octanol–water partition coefficient (Wildman–Crippen LogP) is 8.45. The fraction of sp³-hybridized carbons (Fsp3) is 0. The van der Waals surface area contributed by atoms with Crippen LogP contribution in [0.5, 0.6) is 0 Å². The van der Waals surface area contributed by atoms with Crippen LogP contribution in [-0.4, -0.2) is 5.48 Å². The van der Waals surface area contributed by atoms with E-state index in [1.165, 1.54) is 27.4 Å². The van der Waals surface area contributed by atoms with Crippen molar-refractivity contribution in [1.82, 2.24) is 0 Å². The predicted molar refractivity (Wildman–Crippen MR) is 116 cm³/mol. The summed E-state index contributed by atoms with van der Waals surface area (Å²) in [5.41, 5.74) is -0.0449. The Morgan fingerprint density at radius 2 is 1.26 bits per heavy atom. The van der Waals surface area contributed by atoms with Crippen molar-refractivity contribution in [3.05, 3.63) is 47.0 Å². The molecular formula is C12H6Br3F10NaOS4. The molecule has 0 atom stereocenters. The zero-order valence-corrected chi connectivity index (χ0v) is 24.4. The Labute approximate surface area is 225 Å². The fourth-order valence-electron chi connectivity index (χ4n) is 1.23. The molecule has 19 heteroatoms. The Morgan fingerprint density at radius 1 is 0.806 bits per heavy atom. The first-order valence-electron chi connectivity index (χ1n) is 6.19. The number of thiophene rings is 2. The molecule has 0 saturated heterocycles. The second-order valence-electron chi connectivity index (χ2n) is 4.96. The molecule has 0 aliphatic carbocycles. The molecule has 1 nitrogen and oxygen atoms in total. The summed E-state index contributed by atoms with van der Waals surface area (Å²) >= 11 is 10.5. The fourth-order valence-corrected chi connectivity index (χ4v) is 6.69. The van der Waals surface area contributed by atoms with Gasteiger partial charge >= 0.3 is 50.0 Å². The first kappa shape index (κ1) is 34.3. The van der Waals surface area contributed by atoms with E-state index in [4.69, 9.17) is 0 Å². The molecule has 2 aromatic rings. The average molecular weight is 747 g/mol. The molecule has 31 heavy (non-hydrogen) atoms. The van der Waals surface area contributed by atoms with Crippen molar-refractivity contribution < 1.29 is 73.9 Å². The third-order valence-corrected chi connectivity index (χ3v) is 7.72. The maximum atomic E-state index is 12.1. The number of hydrogen-bond donors (Lipinski definition) is 0. The van der Waals surface area contributed by atoms with Crippen LogP contribution in [0, 0.1) is 11.2 Å². The van der Waals surface area contributed by atoms with Crippen LogP contribution in [0.3, 0.4) is 0 Å². The van der Waals surface area contributed by atoms with Crippen molar-refractivity contribution in [2.24, 2.45) is 0 Å². The molecule has 0 fully saturated rings. The Bertz CT molecular complexity index is 1020. The molecule has 2 rings (SSSR count). The molecular weight excluding hydrogens is 741 g/mol. The van der Waals surface area contributed by atoms with E-state index < -0.39 is 30.3 Å². The zero-order chi connectivity index (χ0) is 23.1. The summed E-state index contributed by atoms with van der Waals surface area (Å²) in [5, 5.41) is 4.71. The first-order valence-corrected chi connectivity index (χ1v) is 14.4. The van der Waals surface area contributed by atoms with E-state index in [2.05, 4.69) is 47.8 Å². The quantitative estimate of drug-likeness (QED) is 0.173. The molecule has 2 heterocycles. The molecule has 0 bridgehead atoms. The minimum atomic E-state index is -9.60. The van der Waals surface area contributed by atoms with Crippen LogP contribution in [-0.2, 0) is 0 Å². The normalized spacial score (nSPS) is 16.4. The van der Waals surface area contributed by atoms with Crippen LogP contribution in [0.4, 0.5) is 38.9 Å². The van der Waals surface area contributed by atoms with Gasteiger partial charge in [0.25, 0.3) is 0 Å². The molecule has 0 aromatic carbocycles. The molecule has 0 radical (unpaired) electrons. The van der Waals surface area contributed by atoms with Gasteiger partial charge in [0, 0.05) is 40.5 Å². The van der Waals surface area contributed by atoms with E-state index >= 15 is 0 Å². The smallest absolute Gasteiger partial charge is 0.870 e. The summed E-state index contributed by atoms with van der Waals surface area (Å²) in [6, 6.07) is 0. The maximum Gasteiger partial charge on any atom is 1.00 e. The van der Waals surface area contributed by atoms with Crippen molar-refractivity contribution in [1.29, 1.82) is 0 Å². The zero-order valence-electron chi connectivity index (χ0n) is 14.4. The Kier molecular flexibility index (Phi) is 10.3. The number of hydrogen-bond acceptors (Lipinski definition) is 3. The summed E-state index contributed by atoms with van der Waals surface area (Å²) in [7, 11) is -19.1. The Hall–Kier alpha value is 1.10. The molecule has 0 spiro atoms. The first-order chi connectivity index (χ1) is 12.3. The van der Waals surface area contributed by atoms with E-state index in [1.54, 1.807) is 0 Å².